The van der Waals surface area contributed by atoms with E-state index in [2.05, 4.69) is 13.8 Å². The fourth-order valence-electron chi connectivity index (χ4n) is 3.41. The number of ketones is 1. The van der Waals surface area contributed by atoms with Crippen LogP contribution in [0.3, 0.4) is 0 Å². The van der Waals surface area contributed by atoms with Gasteiger partial charge in [0.15, 0.2) is 5.78 Å². The fraction of sp³-hybridized carbons (Fsp3) is 0.333. The fourth-order valence-corrected chi connectivity index (χ4v) is 3.71. The Bertz CT molecular complexity index is 834. The number of primary amides is 1. The number of para-hydroxylation sites is 1. The predicted octanol–water partition coefficient (Wildman–Crippen LogP) is 3.69. The topological polar surface area (TPSA) is 65.1 Å². The zero-order valence-electron chi connectivity index (χ0n) is 13.4. The summed E-state index contributed by atoms with van der Waals surface area (Å²) in [7, 11) is 0. The summed E-state index contributed by atoms with van der Waals surface area (Å²) in [5, 5.41) is 0.472. The van der Waals surface area contributed by atoms with E-state index < -0.39 is 5.91 Å². The van der Waals surface area contributed by atoms with E-state index in [4.69, 9.17) is 17.3 Å². The highest BCUT2D eigenvalue weighted by molar-refractivity contribution is 6.35. The molecule has 0 fully saturated rings. The number of nitrogens with two attached hydrogens (primary N) is 1. The van der Waals surface area contributed by atoms with Crippen molar-refractivity contribution in [2.75, 3.05) is 0 Å². The van der Waals surface area contributed by atoms with Crippen LogP contribution in [0.15, 0.2) is 24.3 Å². The Hall–Kier alpha value is -2.07. The van der Waals surface area contributed by atoms with Crippen molar-refractivity contribution in [2.24, 2.45) is 11.1 Å². The number of nitrogens with zero attached hydrogens (tertiary/aromatic N) is 1. The highest BCUT2D eigenvalue weighted by atomic mass is 35.5. The minimum atomic E-state index is -0.500. The van der Waals surface area contributed by atoms with Crippen molar-refractivity contribution < 1.29 is 9.59 Å². The van der Waals surface area contributed by atoms with E-state index in [1.807, 2.05) is 23.6 Å². The van der Waals surface area contributed by atoms with Gasteiger partial charge in [-0.1, -0.05) is 37.6 Å². The quantitative estimate of drug-likeness (QED) is 0.912. The molecule has 2 N–H and O–H groups in total. The molecule has 23 heavy (non-hydrogen) atoms. The number of rotatable bonds is 2. The lowest BCUT2D eigenvalue weighted by Crippen LogP contribution is -2.28. The second kappa shape index (κ2) is 5.24. The van der Waals surface area contributed by atoms with E-state index >= 15 is 0 Å². The van der Waals surface area contributed by atoms with Crippen LogP contribution in [0, 0.1) is 12.3 Å². The Morgan fingerprint density at radius 2 is 1.91 bits per heavy atom. The van der Waals surface area contributed by atoms with Gasteiger partial charge in [-0.2, -0.15) is 0 Å². The number of hydrogen-bond donors (Lipinski definition) is 1. The van der Waals surface area contributed by atoms with Gasteiger partial charge in [0.25, 0.3) is 5.91 Å². The SMILES string of the molecule is Cc1c(Cl)c2c(n1-c1ccccc1C(N)=O)CC(C)(C)CC2=O. The summed E-state index contributed by atoms with van der Waals surface area (Å²) in [6.07, 6.45) is 1.19. The van der Waals surface area contributed by atoms with Crippen LogP contribution in [-0.2, 0) is 6.42 Å². The zero-order valence-corrected chi connectivity index (χ0v) is 14.2. The largest absolute Gasteiger partial charge is 0.366 e. The third kappa shape index (κ3) is 2.47. The van der Waals surface area contributed by atoms with Crippen LogP contribution in [0.4, 0.5) is 0 Å². The zero-order chi connectivity index (χ0) is 16.9. The summed E-state index contributed by atoms with van der Waals surface area (Å²) in [5.74, 6) is -0.445. The predicted molar refractivity (Wildman–Crippen MR) is 90.5 cm³/mol. The average molecular weight is 331 g/mol. The molecule has 0 bridgehead atoms. The molecule has 5 heteroatoms. The molecule has 0 unspecified atom stereocenters. The van der Waals surface area contributed by atoms with Gasteiger partial charge in [-0.3, -0.25) is 9.59 Å². The highest BCUT2D eigenvalue weighted by Crippen LogP contribution is 2.42. The molecule has 1 amide bonds. The molecule has 1 aromatic carbocycles. The first-order chi connectivity index (χ1) is 10.7. The summed E-state index contributed by atoms with van der Waals surface area (Å²) in [5.41, 5.74) is 8.67. The second-order valence-electron chi connectivity index (χ2n) is 6.88. The molecule has 0 spiro atoms. The lowest BCUT2D eigenvalue weighted by atomic mass is 9.76. The van der Waals surface area contributed by atoms with Gasteiger partial charge in [0.1, 0.15) is 0 Å². The Balaban J connectivity index is 2.33. The van der Waals surface area contributed by atoms with E-state index in [9.17, 15) is 9.59 Å². The second-order valence-corrected chi connectivity index (χ2v) is 7.26. The van der Waals surface area contributed by atoms with Gasteiger partial charge in [-0.05, 0) is 30.9 Å². The van der Waals surface area contributed by atoms with Crippen molar-refractivity contribution in [3.05, 3.63) is 51.8 Å². The first-order valence-corrected chi connectivity index (χ1v) is 7.93. The molecule has 0 saturated heterocycles. The number of benzene rings is 1. The summed E-state index contributed by atoms with van der Waals surface area (Å²) in [6, 6.07) is 7.13. The van der Waals surface area contributed by atoms with Crippen molar-refractivity contribution in [1.82, 2.24) is 4.57 Å². The maximum absolute atomic E-state index is 12.5. The van der Waals surface area contributed by atoms with Gasteiger partial charge in [-0.25, -0.2) is 0 Å². The maximum Gasteiger partial charge on any atom is 0.250 e. The third-order valence-corrected chi connectivity index (χ3v) is 4.87. The van der Waals surface area contributed by atoms with Gasteiger partial charge >= 0.3 is 0 Å². The van der Waals surface area contributed by atoms with Crippen molar-refractivity contribution >= 4 is 23.3 Å². The monoisotopic (exact) mass is 330 g/mol. The molecule has 1 aliphatic carbocycles. The first kappa shape index (κ1) is 15.8. The number of carbonyl (C=O) groups is 2. The van der Waals surface area contributed by atoms with Crippen LogP contribution in [0.1, 0.15) is 52.4 Å². The maximum atomic E-state index is 12.5. The van der Waals surface area contributed by atoms with E-state index in [0.29, 0.717) is 34.7 Å². The molecule has 1 heterocycles. The molecule has 0 atom stereocenters. The van der Waals surface area contributed by atoms with Gasteiger partial charge in [0.2, 0.25) is 0 Å². The molecule has 2 aromatic rings. The third-order valence-electron chi connectivity index (χ3n) is 4.41. The van der Waals surface area contributed by atoms with Gasteiger partial charge in [-0.15, -0.1) is 0 Å². The molecule has 0 radical (unpaired) electrons. The van der Waals surface area contributed by atoms with E-state index in [0.717, 1.165) is 11.4 Å². The standard InChI is InChI=1S/C18H19ClN2O2/c1-10-16(19)15-13(8-18(2,3)9-14(15)22)21(10)12-7-5-4-6-11(12)17(20)23/h4-7H,8-9H2,1-3H3,(H2,20,23). The van der Waals surface area contributed by atoms with Gasteiger partial charge in [0.05, 0.1) is 21.8 Å². The Morgan fingerprint density at radius 3 is 2.57 bits per heavy atom. The minimum absolute atomic E-state index is 0.0552. The number of hydrogen-bond acceptors (Lipinski definition) is 2. The van der Waals surface area contributed by atoms with E-state index in [-0.39, 0.29) is 11.2 Å². The molecule has 4 nitrogen and oxygen atoms in total. The smallest absolute Gasteiger partial charge is 0.250 e. The van der Waals surface area contributed by atoms with Crippen LogP contribution in [0.2, 0.25) is 5.02 Å². The van der Waals surface area contributed by atoms with Crippen molar-refractivity contribution in [2.45, 2.75) is 33.6 Å². The van der Waals surface area contributed by atoms with Crippen LogP contribution >= 0.6 is 11.6 Å². The highest BCUT2D eigenvalue weighted by Gasteiger charge is 2.37. The number of amides is 1. The lowest BCUT2D eigenvalue weighted by Gasteiger charge is -2.30. The van der Waals surface area contributed by atoms with E-state index in [1.54, 1.807) is 12.1 Å². The van der Waals surface area contributed by atoms with Crippen molar-refractivity contribution in [3.8, 4) is 5.69 Å². The van der Waals surface area contributed by atoms with Crippen LogP contribution in [-0.4, -0.2) is 16.3 Å². The lowest BCUT2D eigenvalue weighted by molar-refractivity contribution is 0.0910. The summed E-state index contributed by atoms with van der Waals surface area (Å²) in [4.78, 5) is 24.3. The van der Waals surface area contributed by atoms with E-state index in [1.165, 1.54) is 0 Å². The first-order valence-electron chi connectivity index (χ1n) is 7.55. The number of halogens is 1. The molecule has 3 rings (SSSR count). The van der Waals surface area contributed by atoms with Crippen molar-refractivity contribution in [3.63, 3.8) is 0 Å². The number of carbonyl (C=O) groups excluding carboxylic acids is 2. The number of fused-ring (bicyclic) bond motifs is 1. The molecular weight excluding hydrogens is 312 g/mol. The van der Waals surface area contributed by atoms with Gasteiger partial charge < -0.3 is 10.3 Å². The number of aromatic nitrogens is 1. The van der Waals surface area contributed by atoms with Gasteiger partial charge in [0, 0.05) is 17.8 Å². The Kier molecular flexibility index (Phi) is 3.60. The Labute approximate surface area is 140 Å². The van der Waals surface area contributed by atoms with Crippen LogP contribution in [0.25, 0.3) is 5.69 Å². The molecule has 0 aliphatic heterocycles. The normalized spacial score (nSPS) is 16.3. The molecule has 120 valence electrons. The summed E-state index contributed by atoms with van der Waals surface area (Å²) < 4.78 is 1.91. The average Bonchev–Trinajstić information content (AvgIpc) is 2.69. The minimum Gasteiger partial charge on any atom is -0.366 e. The molecule has 1 aromatic heterocycles. The number of Topliss-reactive ketones (excluding diaryl/α,β-unsaturated/α-hetero) is 1. The van der Waals surface area contributed by atoms with Crippen molar-refractivity contribution in [1.29, 1.82) is 0 Å². The molecular formula is C18H19ClN2O2. The van der Waals surface area contributed by atoms with Crippen LogP contribution < -0.4 is 5.73 Å². The van der Waals surface area contributed by atoms with Crippen LogP contribution in [0.5, 0.6) is 0 Å². The summed E-state index contributed by atoms with van der Waals surface area (Å²) in [6.45, 7) is 5.99. The molecule has 1 aliphatic rings. The Morgan fingerprint density at radius 1 is 1.26 bits per heavy atom. The molecule has 0 saturated carbocycles. The summed E-state index contributed by atoms with van der Waals surface area (Å²) >= 11 is 6.44.